The number of hydrogen-bond acceptors (Lipinski definition) is 8. The second-order valence-corrected chi connectivity index (χ2v) is 7.78. The van der Waals surface area contributed by atoms with Crippen molar-refractivity contribution in [2.75, 3.05) is 59.6 Å². The van der Waals surface area contributed by atoms with Crippen molar-refractivity contribution >= 4 is 11.8 Å². The van der Waals surface area contributed by atoms with E-state index in [1.54, 1.807) is 11.8 Å². The van der Waals surface area contributed by atoms with Crippen molar-refractivity contribution in [3.8, 4) is 0 Å². The van der Waals surface area contributed by atoms with Crippen molar-refractivity contribution in [1.82, 2.24) is 20.0 Å². The molecule has 0 bridgehead atoms. The van der Waals surface area contributed by atoms with Gasteiger partial charge in [-0.2, -0.15) is 11.8 Å². The number of nitro groups is 1. The maximum atomic E-state index is 10.9. The van der Waals surface area contributed by atoms with E-state index >= 15 is 0 Å². The van der Waals surface area contributed by atoms with Crippen LogP contribution in [0.3, 0.4) is 0 Å². The van der Waals surface area contributed by atoms with E-state index in [-0.39, 0.29) is 4.92 Å². The molecule has 1 aromatic rings. The van der Waals surface area contributed by atoms with Crippen molar-refractivity contribution in [2.24, 2.45) is 0 Å². The Balaban J connectivity index is 1.72. The van der Waals surface area contributed by atoms with Gasteiger partial charge in [0.05, 0.1) is 17.2 Å². The average molecular weight is 384 g/mol. The number of rotatable bonds is 10. The van der Waals surface area contributed by atoms with E-state index in [0.717, 1.165) is 61.9 Å². The van der Waals surface area contributed by atoms with Crippen LogP contribution in [0.25, 0.3) is 0 Å². The fraction of sp³-hybridized carbons (Fsp3) is 0.647. The zero-order valence-electron chi connectivity index (χ0n) is 15.8. The van der Waals surface area contributed by atoms with Gasteiger partial charge in [0.25, 0.3) is 6.20 Å². The summed E-state index contributed by atoms with van der Waals surface area (Å²) in [6.45, 7) is 4.92. The minimum absolute atomic E-state index is 0.386. The summed E-state index contributed by atoms with van der Waals surface area (Å²) in [5, 5.41) is 14.1. The summed E-state index contributed by atoms with van der Waals surface area (Å²) in [4.78, 5) is 16.9. The molecular formula is C17H29N5O3S. The van der Waals surface area contributed by atoms with Gasteiger partial charge in [0.15, 0.2) is 5.82 Å². The molecule has 0 saturated carbocycles. The molecule has 1 saturated heterocycles. The molecule has 1 N–H and O–H groups in total. The summed E-state index contributed by atoms with van der Waals surface area (Å²) in [5.41, 5.74) is 0. The zero-order chi connectivity index (χ0) is 18.9. The van der Waals surface area contributed by atoms with Gasteiger partial charge in [-0.25, -0.2) is 0 Å². The quantitative estimate of drug-likeness (QED) is 0.370. The Morgan fingerprint density at radius 2 is 2.04 bits per heavy atom. The molecule has 9 heteroatoms. The fourth-order valence-electron chi connectivity index (χ4n) is 2.71. The molecule has 1 aliphatic heterocycles. The highest BCUT2D eigenvalue weighted by molar-refractivity contribution is 7.98. The number of thioether (sulfide) groups is 1. The van der Waals surface area contributed by atoms with Crippen molar-refractivity contribution in [3.63, 3.8) is 0 Å². The van der Waals surface area contributed by atoms with Gasteiger partial charge in [-0.1, -0.05) is 0 Å². The highest BCUT2D eigenvalue weighted by Crippen LogP contribution is 2.16. The SMILES string of the molecule is CN(C)Cc1ccc(CSCCNC(=C[N+](=O)[O-])N2CCN(C)CC2)o1. The molecule has 0 amide bonds. The lowest BCUT2D eigenvalue weighted by Gasteiger charge is -2.34. The molecule has 146 valence electrons. The van der Waals surface area contributed by atoms with E-state index in [1.807, 2.05) is 31.1 Å². The molecule has 0 atom stereocenters. The Morgan fingerprint density at radius 1 is 1.35 bits per heavy atom. The van der Waals surface area contributed by atoms with Crippen molar-refractivity contribution in [3.05, 3.63) is 45.8 Å². The van der Waals surface area contributed by atoms with Gasteiger partial charge in [0.1, 0.15) is 11.5 Å². The van der Waals surface area contributed by atoms with Gasteiger partial charge in [-0.05, 0) is 33.3 Å². The first-order valence-electron chi connectivity index (χ1n) is 8.77. The van der Waals surface area contributed by atoms with Crippen LogP contribution in [0.1, 0.15) is 11.5 Å². The van der Waals surface area contributed by atoms with Crippen LogP contribution in [0.15, 0.2) is 28.6 Å². The largest absolute Gasteiger partial charge is 0.464 e. The lowest BCUT2D eigenvalue weighted by Crippen LogP contribution is -2.46. The van der Waals surface area contributed by atoms with Gasteiger partial charge >= 0.3 is 0 Å². The Hall–Kier alpha value is -1.71. The van der Waals surface area contributed by atoms with Crippen LogP contribution in [-0.2, 0) is 12.3 Å². The average Bonchev–Trinajstić information content (AvgIpc) is 3.00. The highest BCUT2D eigenvalue weighted by atomic mass is 32.2. The number of piperazine rings is 1. The van der Waals surface area contributed by atoms with Gasteiger partial charge in [-0.15, -0.1) is 0 Å². The third-order valence-electron chi connectivity index (χ3n) is 4.06. The summed E-state index contributed by atoms with van der Waals surface area (Å²) in [6, 6.07) is 4.03. The van der Waals surface area contributed by atoms with Crippen LogP contribution in [-0.4, -0.2) is 79.2 Å². The Kier molecular flexibility index (Phi) is 8.27. The topological polar surface area (TPSA) is 78.0 Å². The Labute approximate surface area is 159 Å². The maximum absolute atomic E-state index is 10.9. The fourth-order valence-corrected chi connectivity index (χ4v) is 3.45. The summed E-state index contributed by atoms with van der Waals surface area (Å²) < 4.78 is 5.78. The van der Waals surface area contributed by atoms with Crippen LogP contribution < -0.4 is 5.32 Å². The number of likely N-dealkylation sites (N-methyl/N-ethyl adjacent to an activating group) is 1. The van der Waals surface area contributed by atoms with Gasteiger partial charge < -0.3 is 24.4 Å². The second-order valence-electron chi connectivity index (χ2n) is 6.68. The minimum Gasteiger partial charge on any atom is -0.464 e. The van der Waals surface area contributed by atoms with Crippen LogP contribution in [0.5, 0.6) is 0 Å². The standard InChI is InChI=1S/C17H29N5O3S/c1-19(2)12-15-4-5-16(25-15)14-26-11-6-18-17(13-22(23)24)21-9-7-20(3)8-10-21/h4-5,13,18H,6-12,14H2,1-3H3. The molecule has 0 aliphatic carbocycles. The molecule has 1 aliphatic rings. The second kappa shape index (κ2) is 10.4. The minimum atomic E-state index is -0.386. The Bertz CT molecular complexity index is 597. The molecule has 0 spiro atoms. The zero-order valence-corrected chi connectivity index (χ0v) is 16.6. The highest BCUT2D eigenvalue weighted by Gasteiger charge is 2.18. The summed E-state index contributed by atoms with van der Waals surface area (Å²) in [6.07, 6.45) is 1.08. The molecule has 0 aromatic carbocycles. The third kappa shape index (κ3) is 7.27. The first-order chi connectivity index (χ1) is 12.4. The molecule has 2 heterocycles. The number of furan rings is 1. The van der Waals surface area contributed by atoms with Crippen LogP contribution in [0.2, 0.25) is 0 Å². The normalized spacial score (nSPS) is 16.3. The van der Waals surface area contributed by atoms with E-state index in [9.17, 15) is 10.1 Å². The molecule has 26 heavy (non-hydrogen) atoms. The van der Waals surface area contributed by atoms with E-state index in [1.165, 1.54) is 0 Å². The first kappa shape index (κ1) is 20.6. The van der Waals surface area contributed by atoms with Gasteiger partial charge in [0.2, 0.25) is 0 Å². The van der Waals surface area contributed by atoms with Gasteiger partial charge in [0, 0.05) is 38.5 Å². The summed E-state index contributed by atoms with van der Waals surface area (Å²) >= 11 is 1.75. The predicted molar refractivity (Wildman–Crippen MR) is 104 cm³/mol. The van der Waals surface area contributed by atoms with E-state index in [0.29, 0.717) is 12.4 Å². The third-order valence-corrected chi connectivity index (χ3v) is 5.04. The number of hydrogen-bond donors (Lipinski definition) is 1. The summed E-state index contributed by atoms with van der Waals surface area (Å²) in [7, 11) is 6.09. The van der Waals surface area contributed by atoms with Crippen LogP contribution in [0, 0.1) is 10.1 Å². The smallest absolute Gasteiger partial charge is 0.274 e. The lowest BCUT2D eigenvalue weighted by molar-refractivity contribution is -0.404. The number of nitrogens with zero attached hydrogens (tertiary/aromatic N) is 4. The van der Waals surface area contributed by atoms with Crippen LogP contribution in [0.4, 0.5) is 0 Å². The molecule has 0 unspecified atom stereocenters. The Morgan fingerprint density at radius 3 is 2.69 bits per heavy atom. The molecular weight excluding hydrogens is 354 g/mol. The number of nitrogens with one attached hydrogen (secondary N) is 1. The van der Waals surface area contributed by atoms with Gasteiger partial charge in [-0.3, -0.25) is 10.1 Å². The van der Waals surface area contributed by atoms with Crippen molar-refractivity contribution in [2.45, 2.75) is 12.3 Å². The molecule has 0 radical (unpaired) electrons. The molecule has 2 rings (SSSR count). The van der Waals surface area contributed by atoms with E-state index in [4.69, 9.17) is 4.42 Å². The van der Waals surface area contributed by atoms with Crippen LogP contribution >= 0.6 is 11.8 Å². The van der Waals surface area contributed by atoms with E-state index in [2.05, 4.69) is 22.2 Å². The lowest BCUT2D eigenvalue weighted by atomic mass is 10.3. The monoisotopic (exact) mass is 383 g/mol. The van der Waals surface area contributed by atoms with Crippen molar-refractivity contribution in [1.29, 1.82) is 0 Å². The molecule has 1 fully saturated rings. The predicted octanol–water partition coefficient (Wildman–Crippen LogP) is 1.49. The molecule has 8 nitrogen and oxygen atoms in total. The maximum Gasteiger partial charge on any atom is 0.274 e. The first-order valence-corrected chi connectivity index (χ1v) is 9.92. The summed E-state index contributed by atoms with van der Waals surface area (Å²) in [5.74, 6) is 4.20. The molecule has 1 aromatic heterocycles. The van der Waals surface area contributed by atoms with E-state index < -0.39 is 0 Å². The van der Waals surface area contributed by atoms with Crippen molar-refractivity contribution < 1.29 is 9.34 Å².